The number of hydrogen-bond acceptors (Lipinski definition) is 3. The highest BCUT2D eigenvalue weighted by Crippen LogP contribution is 2.27. The first-order valence-electron chi connectivity index (χ1n) is 7.37. The molecule has 1 saturated carbocycles. The van der Waals surface area contributed by atoms with Crippen molar-refractivity contribution in [1.82, 2.24) is 10.2 Å². The van der Waals surface area contributed by atoms with Crippen molar-refractivity contribution in [1.29, 1.82) is 0 Å². The lowest BCUT2D eigenvalue weighted by atomic mass is 10.2. The van der Waals surface area contributed by atoms with Gasteiger partial charge in [0.25, 0.3) is 0 Å². The Morgan fingerprint density at radius 2 is 2.06 bits per heavy atom. The van der Waals surface area contributed by atoms with E-state index in [0.717, 1.165) is 25.4 Å². The maximum absolute atomic E-state index is 12.0. The molecule has 0 spiro atoms. The Kier molecular flexibility index (Phi) is 8.01. The predicted molar refractivity (Wildman–Crippen MR) is 73.4 cm³/mol. The van der Waals surface area contributed by atoms with Crippen LogP contribution in [0.5, 0.6) is 0 Å². The Hall–Kier alpha value is -0.610. The third kappa shape index (κ3) is 6.97. The molecule has 1 aliphatic carbocycles. The molecule has 0 aromatic heterocycles. The number of hydrogen-bond donors (Lipinski definition) is 2. The van der Waals surface area contributed by atoms with Gasteiger partial charge in [-0.15, -0.1) is 0 Å². The summed E-state index contributed by atoms with van der Waals surface area (Å²) < 4.78 is 0. The van der Waals surface area contributed by atoms with Gasteiger partial charge in [0, 0.05) is 13.1 Å². The molecule has 4 heteroatoms. The van der Waals surface area contributed by atoms with Gasteiger partial charge in [-0.25, -0.2) is 0 Å². The fourth-order valence-corrected chi connectivity index (χ4v) is 2.03. The van der Waals surface area contributed by atoms with Crippen molar-refractivity contribution in [2.24, 2.45) is 5.92 Å². The molecule has 0 aromatic rings. The molecule has 1 aliphatic rings. The van der Waals surface area contributed by atoms with Gasteiger partial charge in [-0.05, 0) is 31.7 Å². The Bertz CT molecular complexity index is 230. The Morgan fingerprint density at radius 1 is 1.28 bits per heavy atom. The molecule has 0 unspecified atom stereocenters. The number of carbonyl (C=O) groups is 1. The van der Waals surface area contributed by atoms with Gasteiger partial charge in [-0.3, -0.25) is 4.79 Å². The van der Waals surface area contributed by atoms with Crippen molar-refractivity contribution in [3.63, 3.8) is 0 Å². The summed E-state index contributed by atoms with van der Waals surface area (Å²) in [4.78, 5) is 13.7. The minimum Gasteiger partial charge on any atom is -0.395 e. The van der Waals surface area contributed by atoms with Crippen LogP contribution in [0.1, 0.15) is 45.4 Å². The monoisotopic (exact) mass is 256 g/mol. The van der Waals surface area contributed by atoms with E-state index in [1.165, 1.54) is 32.1 Å². The molecule has 4 nitrogen and oxygen atoms in total. The summed E-state index contributed by atoms with van der Waals surface area (Å²) in [5.74, 6) is 0.926. The minimum absolute atomic E-state index is 0.0577. The summed E-state index contributed by atoms with van der Waals surface area (Å²) in [6, 6.07) is 0. The zero-order chi connectivity index (χ0) is 13.2. The van der Waals surface area contributed by atoms with Crippen molar-refractivity contribution in [3.8, 4) is 0 Å². The van der Waals surface area contributed by atoms with Gasteiger partial charge in [0.15, 0.2) is 0 Å². The summed E-state index contributed by atoms with van der Waals surface area (Å²) in [5.41, 5.74) is 0. The molecule has 0 radical (unpaired) electrons. The second-order valence-corrected chi connectivity index (χ2v) is 5.24. The number of aliphatic hydroxyl groups is 1. The fourth-order valence-electron chi connectivity index (χ4n) is 2.03. The molecule has 0 aromatic carbocycles. The first kappa shape index (κ1) is 15.4. The van der Waals surface area contributed by atoms with Crippen LogP contribution >= 0.6 is 0 Å². The molecule has 0 aliphatic heterocycles. The van der Waals surface area contributed by atoms with Gasteiger partial charge in [-0.2, -0.15) is 0 Å². The van der Waals surface area contributed by atoms with E-state index in [-0.39, 0.29) is 12.5 Å². The van der Waals surface area contributed by atoms with Crippen LogP contribution in [-0.2, 0) is 4.79 Å². The van der Waals surface area contributed by atoms with Crippen molar-refractivity contribution >= 4 is 5.91 Å². The van der Waals surface area contributed by atoms with Gasteiger partial charge in [0.05, 0.1) is 13.2 Å². The van der Waals surface area contributed by atoms with E-state index < -0.39 is 0 Å². The standard InChI is InChI=1S/C14H28N2O2/c1-2-3-4-5-8-16(9-10-17)14(18)12-15-11-13-6-7-13/h13,15,17H,2-12H2,1H3. The highest BCUT2D eigenvalue weighted by molar-refractivity contribution is 5.78. The molecule has 106 valence electrons. The Morgan fingerprint density at radius 3 is 2.67 bits per heavy atom. The number of nitrogens with one attached hydrogen (secondary N) is 1. The average Bonchev–Trinajstić information content (AvgIpc) is 3.17. The molecule has 1 rings (SSSR count). The lowest BCUT2D eigenvalue weighted by Crippen LogP contribution is -2.40. The molecule has 0 heterocycles. The van der Waals surface area contributed by atoms with Crippen LogP contribution in [0.2, 0.25) is 0 Å². The predicted octanol–water partition coefficient (Wildman–Crippen LogP) is 1.39. The van der Waals surface area contributed by atoms with Gasteiger partial charge in [0.1, 0.15) is 0 Å². The smallest absolute Gasteiger partial charge is 0.236 e. The van der Waals surface area contributed by atoms with Crippen LogP contribution in [0.4, 0.5) is 0 Å². The third-order valence-electron chi connectivity index (χ3n) is 3.41. The van der Waals surface area contributed by atoms with Gasteiger partial charge >= 0.3 is 0 Å². The van der Waals surface area contributed by atoms with E-state index in [2.05, 4.69) is 12.2 Å². The molecule has 0 saturated heterocycles. The maximum atomic E-state index is 12.0. The largest absolute Gasteiger partial charge is 0.395 e. The quantitative estimate of drug-likeness (QED) is 0.549. The molecule has 0 atom stereocenters. The highest BCUT2D eigenvalue weighted by atomic mass is 16.3. The van der Waals surface area contributed by atoms with E-state index in [1.807, 2.05) is 0 Å². The number of rotatable bonds is 11. The van der Waals surface area contributed by atoms with E-state index in [4.69, 9.17) is 5.11 Å². The lowest BCUT2D eigenvalue weighted by Gasteiger charge is -2.22. The fraction of sp³-hybridized carbons (Fsp3) is 0.929. The zero-order valence-corrected chi connectivity index (χ0v) is 11.7. The molecule has 2 N–H and O–H groups in total. The van der Waals surface area contributed by atoms with Gasteiger partial charge in [0.2, 0.25) is 5.91 Å². The van der Waals surface area contributed by atoms with E-state index >= 15 is 0 Å². The van der Waals surface area contributed by atoms with Crippen LogP contribution in [0.15, 0.2) is 0 Å². The molecular weight excluding hydrogens is 228 g/mol. The van der Waals surface area contributed by atoms with Crippen molar-refractivity contribution in [2.45, 2.75) is 45.4 Å². The first-order chi connectivity index (χ1) is 8.77. The van der Waals surface area contributed by atoms with Crippen LogP contribution in [0.3, 0.4) is 0 Å². The number of carbonyl (C=O) groups excluding carboxylic acids is 1. The molecular formula is C14H28N2O2. The second-order valence-electron chi connectivity index (χ2n) is 5.24. The van der Waals surface area contributed by atoms with Crippen LogP contribution in [0.25, 0.3) is 0 Å². The topological polar surface area (TPSA) is 52.6 Å². The molecule has 1 amide bonds. The normalized spacial score (nSPS) is 14.8. The first-order valence-corrected chi connectivity index (χ1v) is 7.37. The van der Waals surface area contributed by atoms with Crippen LogP contribution < -0.4 is 5.32 Å². The van der Waals surface area contributed by atoms with Gasteiger partial charge < -0.3 is 15.3 Å². The average molecular weight is 256 g/mol. The maximum Gasteiger partial charge on any atom is 0.236 e. The molecule has 18 heavy (non-hydrogen) atoms. The van der Waals surface area contributed by atoms with Crippen molar-refractivity contribution in [3.05, 3.63) is 0 Å². The van der Waals surface area contributed by atoms with E-state index in [9.17, 15) is 4.79 Å². The lowest BCUT2D eigenvalue weighted by molar-refractivity contribution is -0.130. The number of nitrogens with zero attached hydrogens (tertiary/aromatic N) is 1. The number of aliphatic hydroxyl groups excluding tert-OH is 1. The Balaban J connectivity index is 2.13. The van der Waals surface area contributed by atoms with Crippen molar-refractivity contribution < 1.29 is 9.90 Å². The third-order valence-corrected chi connectivity index (χ3v) is 3.41. The molecule has 0 bridgehead atoms. The molecule has 1 fully saturated rings. The summed E-state index contributed by atoms with van der Waals surface area (Å²) in [5, 5.41) is 12.2. The summed E-state index contributed by atoms with van der Waals surface area (Å²) in [6.07, 6.45) is 7.25. The van der Waals surface area contributed by atoms with Crippen molar-refractivity contribution in [2.75, 3.05) is 32.8 Å². The summed E-state index contributed by atoms with van der Waals surface area (Å²) >= 11 is 0. The number of amides is 1. The van der Waals surface area contributed by atoms with E-state index in [0.29, 0.717) is 13.1 Å². The minimum atomic E-state index is 0.0577. The summed E-state index contributed by atoms with van der Waals surface area (Å²) in [7, 11) is 0. The zero-order valence-electron chi connectivity index (χ0n) is 11.7. The van der Waals surface area contributed by atoms with Gasteiger partial charge in [-0.1, -0.05) is 26.2 Å². The SMILES string of the molecule is CCCCCCN(CCO)C(=O)CNCC1CC1. The second kappa shape index (κ2) is 9.34. The van der Waals surface area contributed by atoms with Crippen LogP contribution in [-0.4, -0.2) is 48.7 Å². The highest BCUT2D eigenvalue weighted by Gasteiger charge is 2.21. The van der Waals surface area contributed by atoms with E-state index in [1.54, 1.807) is 4.90 Å². The number of unbranched alkanes of at least 4 members (excludes halogenated alkanes) is 3. The Labute approximate surface area is 111 Å². The summed E-state index contributed by atoms with van der Waals surface area (Å²) in [6.45, 7) is 4.87. The van der Waals surface area contributed by atoms with Crippen LogP contribution in [0, 0.1) is 5.92 Å².